The molecule has 2 aromatic rings. The van der Waals surface area contributed by atoms with Crippen molar-refractivity contribution in [2.45, 2.75) is 19.8 Å². The maximum absolute atomic E-state index is 12.1. The van der Waals surface area contributed by atoms with Crippen molar-refractivity contribution in [1.29, 1.82) is 0 Å². The number of benzene rings is 2. The minimum Gasteiger partial charge on any atom is -0.493 e. The molecule has 0 aliphatic heterocycles. The highest BCUT2D eigenvalue weighted by Gasteiger charge is 2.09. The van der Waals surface area contributed by atoms with Gasteiger partial charge in [0, 0.05) is 10.9 Å². The van der Waals surface area contributed by atoms with E-state index in [9.17, 15) is 4.79 Å². The van der Waals surface area contributed by atoms with E-state index in [0.717, 1.165) is 10.0 Å². The molecule has 0 aliphatic carbocycles. The summed E-state index contributed by atoms with van der Waals surface area (Å²) in [5, 5.41) is 3.32. The van der Waals surface area contributed by atoms with Gasteiger partial charge in [0.2, 0.25) is 5.91 Å². The second kappa shape index (κ2) is 8.94. The maximum Gasteiger partial charge on any atom is 0.224 e. The fourth-order valence-corrected chi connectivity index (χ4v) is 2.92. The van der Waals surface area contributed by atoms with Gasteiger partial charge in [0.25, 0.3) is 0 Å². The van der Waals surface area contributed by atoms with Crippen LogP contribution in [0.1, 0.15) is 18.9 Å². The van der Waals surface area contributed by atoms with Crippen molar-refractivity contribution in [1.82, 2.24) is 0 Å². The van der Waals surface area contributed by atoms with Gasteiger partial charge in [-0.3, -0.25) is 4.79 Å². The lowest BCUT2D eigenvalue weighted by Crippen LogP contribution is -2.12. The normalized spacial score (nSPS) is 10.3. The summed E-state index contributed by atoms with van der Waals surface area (Å²) >= 11 is 9.44. The van der Waals surface area contributed by atoms with Crippen LogP contribution in [0, 0.1) is 0 Å². The summed E-state index contributed by atoms with van der Waals surface area (Å²) in [4.78, 5) is 12.1. The van der Waals surface area contributed by atoms with Crippen molar-refractivity contribution < 1.29 is 14.3 Å². The van der Waals surface area contributed by atoms with Crippen molar-refractivity contribution in [2.75, 3.05) is 19.0 Å². The van der Waals surface area contributed by atoms with Crippen molar-refractivity contribution in [2.24, 2.45) is 0 Å². The zero-order valence-electron chi connectivity index (χ0n) is 13.6. The largest absolute Gasteiger partial charge is 0.493 e. The van der Waals surface area contributed by atoms with E-state index in [1.165, 1.54) is 0 Å². The second-order valence-electron chi connectivity index (χ2n) is 5.09. The average Bonchev–Trinajstić information content (AvgIpc) is 2.56. The van der Waals surface area contributed by atoms with Crippen LogP contribution in [0.15, 0.2) is 40.9 Å². The van der Waals surface area contributed by atoms with Gasteiger partial charge in [0.15, 0.2) is 11.5 Å². The van der Waals surface area contributed by atoms with Crippen LogP contribution in [0.4, 0.5) is 5.69 Å². The summed E-state index contributed by atoms with van der Waals surface area (Å²) in [7, 11) is 1.60. The topological polar surface area (TPSA) is 47.6 Å². The van der Waals surface area contributed by atoms with E-state index in [2.05, 4.69) is 21.2 Å². The molecule has 0 atom stereocenters. The quantitative estimate of drug-likeness (QED) is 0.690. The number of amides is 1. The van der Waals surface area contributed by atoms with Gasteiger partial charge in [-0.25, -0.2) is 0 Å². The Labute approximate surface area is 155 Å². The Balaban J connectivity index is 1.96. The predicted molar refractivity (Wildman–Crippen MR) is 100 cm³/mol. The van der Waals surface area contributed by atoms with Crippen molar-refractivity contribution in [3.63, 3.8) is 0 Å². The van der Waals surface area contributed by atoms with Crippen LogP contribution in [0.25, 0.3) is 0 Å². The van der Waals surface area contributed by atoms with E-state index in [-0.39, 0.29) is 5.91 Å². The molecule has 0 aliphatic rings. The zero-order chi connectivity index (χ0) is 17.5. The predicted octanol–water partition coefficient (Wildman–Crippen LogP) is 5.08. The Morgan fingerprint density at radius 3 is 2.67 bits per heavy atom. The molecule has 0 aromatic heterocycles. The van der Waals surface area contributed by atoms with Crippen molar-refractivity contribution in [3.8, 4) is 11.5 Å². The minimum absolute atomic E-state index is 0.0907. The lowest BCUT2D eigenvalue weighted by Gasteiger charge is -2.11. The lowest BCUT2D eigenvalue weighted by atomic mass is 10.1. The standard InChI is InChI=1S/C18H19BrClNO3/c1-3-24-16-8-4-12(10-17(16)23-2)5-9-18(22)21-15-7-6-13(19)11-14(15)20/h4,6-8,10-11H,3,5,9H2,1-2H3,(H,21,22). The highest BCUT2D eigenvalue weighted by atomic mass is 79.9. The first-order valence-electron chi connectivity index (χ1n) is 7.58. The third-order valence-corrected chi connectivity index (χ3v) is 4.18. The average molecular weight is 413 g/mol. The van der Waals surface area contributed by atoms with Crippen LogP contribution in [0.3, 0.4) is 0 Å². The van der Waals surface area contributed by atoms with Gasteiger partial charge in [-0.05, 0) is 49.2 Å². The van der Waals surface area contributed by atoms with Crippen molar-refractivity contribution >= 4 is 39.1 Å². The Morgan fingerprint density at radius 2 is 2.00 bits per heavy atom. The van der Waals surface area contributed by atoms with Gasteiger partial charge in [0.05, 0.1) is 24.4 Å². The number of aryl methyl sites for hydroxylation is 1. The lowest BCUT2D eigenvalue weighted by molar-refractivity contribution is -0.116. The van der Waals surface area contributed by atoms with Crippen LogP contribution in [-0.4, -0.2) is 19.6 Å². The number of methoxy groups -OCH3 is 1. The Hall–Kier alpha value is -1.72. The summed E-state index contributed by atoms with van der Waals surface area (Å²) in [6.45, 7) is 2.50. The highest BCUT2D eigenvalue weighted by molar-refractivity contribution is 9.10. The van der Waals surface area contributed by atoms with Crippen LogP contribution >= 0.6 is 27.5 Å². The summed E-state index contributed by atoms with van der Waals surface area (Å²) in [5.41, 5.74) is 1.61. The number of nitrogens with one attached hydrogen (secondary N) is 1. The molecule has 0 bridgehead atoms. The molecule has 4 nitrogen and oxygen atoms in total. The maximum atomic E-state index is 12.1. The molecule has 0 spiro atoms. The monoisotopic (exact) mass is 411 g/mol. The van der Waals surface area contributed by atoms with Gasteiger partial charge in [-0.1, -0.05) is 33.6 Å². The van der Waals surface area contributed by atoms with Gasteiger partial charge < -0.3 is 14.8 Å². The smallest absolute Gasteiger partial charge is 0.224 e. The fourth-order valence-electron chi connectivity index (χ4n) is 2.20. The molecule has 128 valence electrons. The Morgan fingerprint density at radius 1 is 1.21 bits per heavy atom. The van der Waals surface area contributed by atoms with Crippen LogP contribution in [0.2, 0.25) is 5.02 Å². The third kappa shape index (κ3) is 5.14. The van der Waals surface area contributed by atoms with E-state index in [1.807, 2.05) is 31.2 Å². The van der Waals surface area contributed by atoms with Gasteiger partial charge in [0.1, 0.15) is 0 Å². The fraction of sp³-hybridized carbons (Fsp3) is 0.278. The molecule has 6 heteroatoms. The van der Waals surface area contributed by atoms with E-state index >= 15 is 0 Å². The number of hydrogen-bond donors (Lipinski definition) is 1. The SMILES string of the molecule is CCOc1ccc(CCC(=O)Nc2ccc(Br)cc2Cl)cc1OC. The molecule has 24 heavy (non-hydrogen) atoms. The summed E-state index contributed by atoms with van der Waals surface area (Å²) < 4.78 is 11.7. The molecule has 0 radical (unpaired) electrons. The number of rotatable bonds is 7. The zero-order valence-corrected chi connectivity index (χ0v) is 15.9. The number of anilines is 1. The summed E-state index contributed by atoms with van der Waals surface area (Å²) in [6, 6.07) is 11.0. The van der Waals surface area contributed by atoms with Crippen LogP contribution in [-0.2, 0) is 11.2 Å². The van der Waals surface area contributed by atoms with E-state index in [4.69, 9.17) is 21.1 Å². The number of hydrogen-bond acceptors (Lipinski definition) is 3. The third-order valence-electron chi connectivity index (χ3n) is 3.37. The first-order chi connectivity index (χ1) is 11.5. The molecule has 2 aromatic carbocycles. The van der Waals surface area contributed by atoms with E-state index in [1.54, 1.807) is 19.2 Å². The molecule has 0 heterocycles. The summed E-state index contributed by atoms with van der Waals surface area (Å²) in [5.74, 6) is 1.28. The molecule has 0 unspecified atom stereocenters. The first kappa shape index (κ1) is 18.6. The summed E-state index contributed by atoms with van der Waals surface area (Å²) in [6.07, 6.45) is 0.951. The van der Waals surface area contributed by atoms with Gasteiger partial charge >= 0.3 is 0 Å². The second-order valence-corrected chi connectivity index (χ2v) is 6.41. The number of halogens is 2. The molecule has 1 amide bonds. The molecule has 0 fully saturated rings. The van der Waals surface area contributed by atoms with Crippen LogP contribution < -0.4 is 14.8 Å². The molecular formula is C18H19BrClNO3. The highest BCUT2D eigenvalue weighted by Crippen LogP contribution is 2.29. The molecule has 1 N–H and O–H groups in total. The van der Waals surface area contributed by atoms with Crippen molar-refractivity contribution in [3.05, 3.63) is 51.5 Å². The van der Waals surface area contributed by atoms with E-state index in [0.29, 0.717) is 41.7 Å². The number of carbonyl (C=O) groups excluding carboxylic acids is 1. The molecular weight excluding hydrogens is 394 g/mol. The Bertz CT molecular complexity index is 721. The van der Waals surface area contributed by atoms with Gasteiger partial charge in [-0.15, -0.1) is 0 Å². The Kier molecular flexibility index (Phi) is 6.94. The number of ether oxygens (including phenoxy) is 2. The molecule has 0 saturated carbocycles. The minimum atomic E-state index is -0.0907. The molecule has 2 rings (SSSR count). The van der Waals surface area contributed by atoms with Crippen LogP contribution in [0.5, 0.6) is 11.5 Å². The van der Waals surface area contributed by atoms with Gasteiger partial charge in [-0.2, -0.15) is 0 Å². The molecule has 0 saturated heterocycles. The van der Waals surface area contributed by atoms with E-state index < -0.39 is 0 Å². The first-order valence-corrected chi connectivity index (χ1v) is 8.75. The number of carbonyl (C=O) groups is 1.